The number of anilines is 2. The summed E-state index contributed by atoms with van der Waals surface area (Å²) < 4.78 is 5.83. The standard InChI is InChI=1S/C26H27N5O3/c1-3-22(32)31-15-13-19(14-16-31)30-26-23(25(27-2)28-17-29-26)24(33)18-9-11-21(12-10-18)34-20-7-5-4-6-8-20/h3-12,17,19H,1,13-16H2,2H3,(H2,27,28,29,30). The van der Waals surface area contributed by atoms with Crippen LogP contribution in [-0.2, 0) is 4.79 Å². The molecule has 8 nitrogen and oxygen atoms in total. The van der Waals surface area contributed by atoms with Crippen LogP contribution in [0.15, 0.2) is 73.6 Å². The van der Waals surface area contributed by atoms with E-state index in [1.807, 2.05) is 30.3 Å². The maximum atomic E-state index is 13.5. The van der Waals surface area contributed by atoms with Crippen molar-refractivity contribution in [2.75, 3.05) is 30.8 Å². The van der Waals surface area contributed by atoms with E-state index in [1.54, 1.807) is 36.2 Å². The number of carbonyl (C=O) groups is 2. The number of benzene rings is 2. The van der Waals surface area contributed by atoms with E-state index in [-0.39, 0.29) is 17.7 Å². The van der Waals surface area contributed by atoms with Gasteiger partial charge in [0.25, 0.3) is 0 Å². The largest absolute Gasteiger partial charge is 0.457 e. The van der Waals surface area contributed by atoms with Crippen molar-refractivity contribution in [2.24, 2.45) is 0 Å². The fourth-order valence-corrected chi connectivity index (χ4v) is 3.91. The zero-order valence-corrected chi connectivity index (χ0v) is 19.0. The molecule has 1 aliphatic heterocycles. The van der Waals surface area contributed by atoms with E-state index in [2.05, 4.69) is 27.2 Å². The van der Waals surface area contributed by atoms with Crippen molar-refractivity contribution in [3.63, 3.8) is 0 Å². The van der Waals surface area contributed by atoms with Crippen LogP contribution >= 0.6 is 0 Å². The van der Waals surface area contributed by atoms with Crippen molar-refractivity contribution in [3.8, 4) is 11.5 Å². The Labute approximate surface area is 198 Å². The molecule has 2 N–H and O–H groups in total. The first kappa shape index (κ1) is 23.0. The zero-order valence-electron chi connectivity index (χ0n) is 19.0. The van der Waals surface area contributed by atoms with Gasteiger partial charge in [-0.3, -0.25) is 9.59 Å². The highest BCUT2D eigenvalue weighted by atomic mass is 16.5. The third-order valence-electron chi connectivity index (χ3n) is 5.73. The fraction of sp³-hybridized carbons (Fsp3) is 0.231. The minimum absolute atomic E-state index is 0.0616. The summed E-state index contributed by atoms with van der Waals surface area (Å²) in [4.78, 5) is 35.7. The second-order valence-corrected chi connectivity index (χ2v) is 7.91. The number of aromatic nitrogens is 2. The Morgan fingerprint density at radius 2 is 1.65 bits per heavy atom. The van der Waals surface area contributed by atoms with Crippen molar-refractivity contribution in [2.45, 2.75) is 18.9 Å². The Morgan fingerprint density at radius 1 is 1.00 bits per heavy atom. The van der Waals surface area contributed by atoms with E-state index in [1.165, 1.54) is 12.4 Å². The Bertz CT molecular complexity index is 1160. The molecule has 1 aliphatic rings. The van der Waals surface area contributed by atoms with E-state index < -0.39 is 0 Å². The maximum Gasteiger partial charge on any atom is 0.245 e. The first-order chi connectivity index (χ1) is 16.6. The van der Waals surface area contributed by atoms with Crippen LogP contribution in [0.3, 0.4) is 0 Å². The predicted octanol–water partition coefficient (Wildman–Crippen LogP) is 4.13. The molecular formula is C26H27N5O3. The monoisotopic (exact) mass is 457 g/mol. The van der Waals surface area contributed by atoms with Gasteiger partial charge in [-0.05, 0) is 55.3 Å². The summed E-state index contributed by atoms with van der Waals surface area (Å²) in [6, 6.07) is 16.5. The lowest BCUT2D eigenvalue weighted by Crippen LogP contribution is -2.42. The van der Waals surface area contributed by atoms with Crippen LogP contribution in [0, 0.1) is 0 Å². The SMILES string of the molecule is C=CC(=O)N1CCC(Nc2ncnc(NC)c2C(=O)c2ccc(Oc3ccccc3)cc2)CC1. The summed E-state index contributed by atoms with van der Waals surface area (Å²) >= 11 is 0. The summed E-state index contributed by atoms with van der Waals surface area (Å²) in [5, 5.41) is 6.39. The third kappa shape index (κ3) is 5.23. The van der Waals surface area contributed by atoms with Gasteiger partial charge in [0.1, 0.15) is 35.0 Å². The molecule has 34 heavy (non-hydrogen) atoms. The topological polar surface area (TPSA) is 96.5 Å². The van der Waals surface area contributed by atoms with Crippen molar-refractivity contribution in [1.82, 2.24) is 14.9 Å². The summed E-state index contributed by atoms with van der Waals surface area (Å²) in [5.74, 6) is 2.03. The van der Waals surface area contributed by atoms with Crippen LogP contribution in [0.25, 0.3) is 0 Å². The highest BCUT2D eigenvalue weighted by Gasteiger charge is 2.25. The molecular weight excluding hydrogens is 430 g/mol. The molecule has 0 saturated carbocycles. The van der Waals surface area contributed by atoms with E-state index in [9.17, 15) is 9.59 Å². The Morgan fingerprint density at radius 3 is 2.29 bits per heavy atom. The van der Waals surface area contributed by atoms with Gasteiger partial charge in [0.2, 0.25) is 5.91 Å². The predicted molar refractivity (Wildman–Crippen MR) is 131 cm³/mol. The maximum absolute atomic E-state index is 13.5. The number of rotatable bonds is 8. The number of ketones is 1. The molecule has 1 saturated heterocycles. The number of ether oxygens (including phenoxy) is 1. The number of piperidine rings is 1. The minimum Gasteiger partial charge on any atom is -0.457 e. The summed E-state index contributed by atoms with van der Waals surface area (Å²) in [7, 11) is 1.72. The van der Waals surface area contributed by atoms with Crippen LogP contribution in [-0.4, -0.2) is 52.7 Å². The van der Waals surface area contributed by atoms with Crippen molar-refractivity contribution in [1.29, 1.82) is 0 Å². The number of nitrogens with zero attached hydrogens (tertiary/aromatic N) is 3. The van der Waals surface area contributed by atoms with Crippen LogP contribution in [0.4, 0.5) is 11.6 Å². The van der Waals surface area contributed by atoms with Crippen LogP contribution in [0.1, 0.15) is 28.8 Å². The lowest BCUT2D eigenvalue weighted by atomic mass is 10.0. The molecule has 3 aromatic rings. The average molecular weight is 458 g/mol. The molecule has 0 bridgehead atoms. The first-order valence-electron chi connectivity index (χ1n) is 11.2. The molecule has 0 aliphatic carbocycles. The Kier molecular flexibility index (Phi) is 7.17. The van der Waals surface area contributed by atoms with Crippen LogP contribution < -0.4 is 15.4 Å². The van der Waals surface area contributed by atoms with E-state index >= 15 is 0 Å². The molecule has 1 amide bonds. The van der Waals surface area contributed by atoms with Crippen molar-refractivity contribution >= 4 is 23.3 Å². The average Bonchev–Trinajstić information content (AvgIpc) is 2.89. The third-order valence-corrected chi connectivity index (χ3v) is 5.73. The van der Waals surface area contributed by atoms with Crippen molar-refractivity contribution < 1.29 is 14.3 Å². The van der Waals surface area contributed by atoms with Gasteiger partial charge in [-0.15, -0.1) is 0 Å². The molecule has 0 spiro atoms. The second kappa shape index (κ2) is 10.6. The molecule has 1 fully saturated rings. The van der Waals surface area contributed by atoms with Crippen LogP contribution in [0.5, 0.6) is 11.5 Å². The number of hydrogen-bond donors (Lipinski definition) is 2. The number of amides is 1. The van der Waals surface area contributed by atoms with Gasteiger partial charge in [-0.25, -0.2) is 9.97 Å². The number of nitrogens with one attached hydrogen (secondary N) is 2. The smallest absolute Gasteiger partial charge is 0.245 e. The molecule has 0 radical (unpaired) electrons. The first-order valence-corrected chi connectivity index (χ1v) is 11.2. The van der Waals surface area contributed by atoms with Gasteiger partial charge >= 0.3 is 0 Å². The fourth-order valence-electron chi connectivity index (χ4n) is 3.91. The number of likely N-dealkylation sites (tertiary alicyclic amines) is 1. The van der Waals surface area contributed by atoms with E-state index in [0.29, 0.717) is 41.6 Å². The molecule has 0 atom stereocenters. The van der Waals surface area contributed by atoms with Crippen LogP contribution in [0.2, 0.25) is 0 Å². The van der Waals surface area contributed by atoms with E-state index in [0.717, 1.165) is 18.6 Å². The van der Waals surface area contributed by atoms with Gasteiger partial charge in [-0.2, -0.15) is 0 Å². The van der Waals surface area contributed by atoms with Gasteiger partial charge in [0.15, 0.2) is 5.78 Å². The van der Waals surface area contributed by atoms with Gasteiger partial charge in [0.05, 0.1) is 0 Å². The minimum atomic E-state index is -0.196. The summed E-state index contributed by atoms with van der Waals surface area (Å²) in [5.41, 5.74) is 0.882. The second-order valence-electron chi connectivity index (χ2n) is 7.91. The number of carbonyl (C=O) groups excluding carboxylic acids is 2. The lowest BCUT2D eigenvalue weighted by molar-refractivity contribution is -0.126. The molecule has 4 rings (SSSR count). The highest BCUT2D eigenvalue weighted by Crippen LogP contribution is 2.27. The highest BCUT2D eigenvalue weighted by molar-refractivity contribution is 6.14. The normalized spacial score (nSPS) is 13.7. The molecule has 2 aromatic carbocycles. The lowest BCUT2D eigenvalue weighted by Gasteiger charge is -2.32. The van der Waals surface area contributed by atoms with Gasteiger partial charge in [-0.1, -0.05) is 24.8 Å². The number of hydrogen-bond acceptors (Lipinski definition) is 7. The molecule has 0 unspecified atom stereocenters. The van der Waals surface area contributed by atoms with E-state index in [4.69, 9.17) is 4.74 Å². The molecule has 1 aromatic heterocycles. The quantitative estimate of drug-likeness (QED) is 0.388. The van der Waals surface area contributed by atoms with Crippen molar-refractivity contribution in [3.05, 3.63) is 84.7 Å². The molecule has 174 valence electrons. The van der Waals surface area contributed by atoms with Gasteiger partial charge < -0.3 is 20.3 Å². The Hall–Kier alpha value is -4.20. The summed E-state index contributed by atoms with van der Waals surface area (Å²) in [6.07, 6.45) is 4.26. The summed E-state index contributed by atoms with van der Waals surface area (Å²) in [6.45, 7) is 4.80. The zero-order chi connectivity index (χ0) is 23.9. The molecule has 8 heteroatoms. The number of para-hydroxylation sites is 1. The van der Waals surface area contributed by atoms with Gasteiger partial charge in [0, 0.05) is 31.7 Å². The Balaban J connectivity index is 1.51. The molecule has 2 heterocycles.